The van der Waals surface area contributed by atoms with Crippen molar-refractivity contribution in [3.8, 4) is 0 Å². The highest BCUT2D eigenvalue weighted by atomic mass is 16.5. The number of carbonyl (C=O) groups is 1. The zero-order valence-corrected chi connectivity index (χ0v) is 10.2. The van der Waals surface area contributed by atoms with Gasteiger partial charge >= 0.3 is 7.12 Å². The summed E-state index contributed by atoms with van der Waals surface area (Å²) in [6.07, 6.45) is 0.666. The molecule has 3 N–H and O–H groups in total. The minimum atomic E-state index is -0.951. The van der Waals surface area contributed by atoms with Crippen LogP contribution in [0.15, 0.2) is 18.2 Å². The molecule has 6 heteroatoms. The summed E-state index contributed by atoms with van der Waals surface area (Å²) < 4.78 is 5.07. The second kappa shape index (κ2) is 5.52. The Balaban J connectivity index is 2.14. The number of benzene rings is 1. The molecule has 0 bridgehead atoms. The van der Waals surface area contributed by atoms with Crippen molar-refractivity contribution in [3.63, 3.8) is 0 Å². The fraction of sp³-hybridized carbons (Fsp3) is 0.417. The molecule has 1 unspecified atom stereocenters. The number of aliphatic hydroxyl groups is 1. The van der Waals surface area contributed by atoms with Crippen molar-refractivity contribution in [2.75, 3.05) is 6.61 Å². The zero-order valence-electron chi connectivity index (χ0n) is 10.2. The predicted octanol–water partition coefficient (Wildman–Crippen LogP) is -0.595. The van der Waals surface area contributed by atoms with Gasteiger partial charge in [0, 0.05) is 5.56 Å². The normalized spacial score (nSPS) is 15.4. The van der Waals surface area contributed by atoms with Gasteiger partial charge in [0.1, 0.15) is 0 Å². The van der Waals surface area contributed by atoms with Crippen molar-refractivity contribution < 1.29 is 19.6 Å². The molecule has 1 atom stereocenters. The number of carbonyl (C=O) groups excluding carboxylic acids is 1. The third kappa shape index (κ3) is 2.55. The van der Waals surface area contributed by atoms with Crippen LogP contribution in [0.3, 0.4) is 0 Å². The third-order valence-electron chi connectivity index (χ3n) is 3.12. The molecule has 0 saturated heterocycles. The van der Waals surface area contributed by atoms with E-state index in [1.165, 1.54) is 0 Å². The van der Waals surface area contributed by atoms with Crippen LogP contribution in [0.25, 0.3) is 0 Å². The van der Waals surface area contributed by atoms with E-state index < -0.39 is 7.12 Å². The molecule has 1 aliphatic heterocycles. The third-order valence-corrected chi connectivity index (χ3v) is 3.12. The van der Waals surface area contributed by atoms with Crippen molar-refractivity contribution >= 4 is 18.5 Å². The van der Waals surface area contributed by atoms with Gasteiger partial charge in [0.2, 0.25) is 0 Å². The van der Waals surface area contributed by atoms with Crippen LogP contribution in [-0.4, -0.2) is 35.8 Å². The lowest BCUT2D eigenvalue weighted by molar-refractivity contribution is 0.0915. The molecule has 0 aliphatic carbocycles. The number of aliphatic hydroxyl groups excluding tert-OH is 1. The molecular weight excluding hydrogens is 233 g/mol. The van der Waals surface area contributed by atoms with Gasteiger partial charge in [0.25, 0.3) is 5.91 Å². The number of hydrogen-bond acceptors (Lipinski definition) is 4. The number of fused-ring (bicyclic) bond motifs is 1. The summed E-state index contributed by atoms with van der Waals surface area (Å²) in [5, 5.41) is 21.3. The van der Waals surface area contributed by atoms with E-state index in [-0.39, 0.29) is 18.6 Å². The van der Waals surface area contributed by atoms with Gasteiger partial charge in [-0.15, -0.1) is 0 Å². The van der Waals surface area contributed by atoms with Gasteiger partial charge in [-0.1, -0.05) is 13.0 Å². The van der Waals surface area contributed by atoms with Crippen molar-refractivity contribution in [2.45, 2.75) is 26.0 Å². The first-order valence-electron chi connectivity index (χ1n) is 6.00. The molecule has 1 aliphatic rings. The van der Waals surface area contributed by atoms with Crippen molar-refractivity contribution in [3.05, 3.63) is 29.3 Å². The SMILES string of the molecule is CCC(CO)NC(=O)c1ccc2c(c1)B(O)OC2. The molecule has 0 saturated carbocycles. The van der Waals surface area contributed by atoms with Gasteiger partial charge in [-0.2, -0.15) is 0 Å². The second-order valence-electron chi connectivity index (χ2n) is 4.34. The van der Waals surface area contributed by atoms with E-state index in [1.807, 2.05) is 6.92 Å². The molecule has 18 heavy (non-hydrogen) atoms. The summed E-state index contributed by atoms with van der Waals surface area (Å²) in [6.45, 7) is 2.17. The lowest BCUT2D eigenvalue weighted by atomic mass is 9.79. The summed E-state index contributed by atoms with van der Waals surface area (Å²) in [6, 6.07) is 4.86. The highest BCUT2D eigenvalue weighted by molar-refractivity contribution is 6.61. The molecule has 0 radical (unpaired) electrons. The first-order valence-corrected chi connectivity index (χ1v) is 6.00. The van der Waals surface area contributed by atoms with Crippen LogP contribution in [0.5, 0.6) is 0 Å². The van der Waals surface area contributed by atoms with Gasteiger partial charge in [0.15, 0.2) is 0 Å². The Labute approximate surface area is 106 Å². The molecular formula is C12H16BNO4. The van der Waals surface area contributed by atoms with Gasteiger partial charge in [-0.05, 0) is 29.6 Å². The Morgan fingerprint density at radius 1 is 1.61 bits per heavy atom. The average Bonchev–Trinajstić information content (AvgIpc) is 2.77. The van der Waals surface area contributed by atoms with Crippen LogP contribution in [0.1, 0.15) is 29.3 Å². The lowest BCUT2D eigenvalue weighted by Gasteiger charge is -2.14. The van der Waals surface area contributed by atoms with Gasteiger partial charge in [-0.3, -0.25) is 4.79 Å². The van der Waals surface area contributed by atoms with Crippen molar-refractivity contribution in [2.24, 2.45) is 0 Å². The topological polar surface area (TPSA) is 78.8 Å². The Morgan fingerprint density at radius 3 is 3.06 bits per heavy atom. The number of hydrogen-bond donors (Lipinski definition) is 3. The van der Waals surface area contributed by atoms with E-state index in [0.29, 0.717) is 24.1 Å². The molecule has 0 spiro atoms. The van der Waals surface area contributed by atoms with E-state index in [1.54, 1.807) is 18.2 Å². The van der Waals surface area contributed by atoms with E-state index in [4.69, 9.17) is 9.76 Å². The molecule has 5 nitrogen and oxygen atoms in total. The Hall–Kier alpha value is -1.37. The fourth-order valence-corrected chi connectivity index (χ4v) is 1.90. The second-order valence-corrected chi connectivity index (χ2v) is 4.34. The molecule has 2 rings (SSSR count). The highest BCUT2D eigenvalue weighted by Gasteiger charge is 2.28. The van der Waals surface area contributed by atoms with E-state index in [9.17, 15) is 9.82 Å². The summed E-state index contributed by atoms with van der Waals surface area (Å²) in [7, 11) is -0.951. The minimum absolute atomic E-state index is 0.0844. The quantitative estimate of drug-likeness (QED) is 0.623. The molecule has 0 fully saturated rings. The molecule has 96 valence electrons. The average molecular weight is 249 g/mol. The molecule has 1 amide bonds. The maximum atomic E-state index is 11.9. The van der Waals surface area contributed by atoms with Crippen molar-refractivity contribution in [1.29, 1.82) is 0 Å². The number of amides is 1. The lowest BCUT2D eigenvalue weighted by Crippen LogP contribution is -2.37. The van der Waals surface area contributed by atoms with Crippen LogP contribution in [-0.2, 0) is 11.3 Å². The van der Waals surface area contributed by atoms with E-state index in [0.717, 1.165) is 5.56 Å². The van der Waals surface area contributed by atoms with E-state index >= 15 is 0 Å². The summed E-state index contributed by atoms with van der Waals surface area (Å²) in [4.78, 5) is 11.9. The highest BCUT2D eigenvalue weighted by Crippen LogP contribution is 2.11. The minimum Gasteiger partial charge on any atom is -0.423 e. The summed E-state index contributed by atoms with van der Waals surface area (Å²) in [5.74, 6) is -0.252. The number of nitrogens with one attached hydrogen (secondary N) is 1. The van der Waals surface area contributed by atoms with Gasteiger partial charge in [-0.25, -0.2) is 0 Å². The molecule has 0 aromatic heterocycles. The monoisotopic (exact) mass is 249 g/mol. The summed E-state index contributed by atoms with van der Waals surface area (Å²) in [5.41, 5.74) is 2.00. The van der Waals surface area contributed by atoms with Crippen LogP contribution in [0.2, 0.25) is 0 Å². The predicted molar refractivity (Wildman–Crippen MR) is 67.5 cm³/mol. The smallest absolute Gasteiger partial charge is 0.423 e. The summed E-state index contributed by atoms with van der Waals surface area (Å²) >= 11 is 0. The first kappa shape index (κ1) is 13.1. The molecule has 1 aromatic carbocycles. The Kier molecular flexibility index (Phi) is 4.01. The first-order chi connectivity index (χ1) is 8.65. The Morgan fingerprint density at radius 2 is 2.39 bits per heavy atom. The van der Waals surface area contributed by atoms with Crippen LogP contribution >= 0.6 is 0 Å². The maximum absolute atomic E-state index is 11.9. The van der Waals surface area contributed by atoms with Crippen molar-refractivity contribution in [1.82, 2.24) is 5.32 Å². The molecule has 1 aromatic rings. The van der Waals surface area contributed by atoms with Crippen LogP contribution in [0.4, 0.5) is 0 Å². The van der Waals surface area contributed by atoms with Gasteiger partial charge in [0.05, 0.1) is 19.3 Å². The van der Waals surface area contributed by atoms with Crippen LogP contribution in [0, 0.1) is 0 Å². The maximum Gasteiger partial charge on any atom is 0.491 e. The molecule has 1 heterocycles. The Bertz CT molecular complexity index is 448. The van der Waals surface area contributed by atoms with E-state index in [2.05, 4.69) is 5.32 Å². The standard InChI is InChI=1S/C12H16BNO4/c1-2-10(6-15)14-12(16)8-3-4-9-7-18-13(17)11(9)5-8/h3-5,10,15,17H,2,6-7H2,1H3,(H,14,16). The largest absolute Gasteiger partial charge is 0.491 e. The number of rotatable bonds is 4. The van der Waals surface area contributed by atoms with Gasteiger partial charge < -0.3 is 20.1 Å². The zero-order chi connectivity index (χ0) is 13.1. The van der Waals surface area contributed by atoms with Crippen LogP contribution < -0.4 is 10.8 Å². The fourth-order valence-electron chi connectivity index (χ4n) is 1.90.